The maximum atomic E-state index is 13.8. The van der Waals surface area contributed by atoms with Gasteiger partial charge in [-0.25, -0.2) is 9.37 Å². The van der Waals surface area contributed by atoms with E-state index in [1.165, 1.54) is 12.4 Å². The normalized spacial score (nSPS) is 15.7. The second kappa shape index (κ2) is 6.31. The summed E-state index contributed by atoms with van der Waals surface area (Å²) in [7, 11) is 0. The van der Waals surface area contributed by atoms with Crippen LogP contribution in [0.2, 0.25) is 0 Å². The monoisotopic (exact) mass is 340 g/mol. The van der Waals surface area contributed by atoms with Gasteiger partial charge in [-0.05, 0) is 38.8 Å². The zero-order valence-corrected chi connectivity index (χ0v) is 14.4. The van der Waals surface area contributed by atoms with E-state index in [0.717, 1.165) is 43.0 Å². The number of aryl methyl sites for hydroxylation is 1. The van der Waals surface area contributed by atoms with Crippen LogP contribution in [0.5, 0.6) is 0 Å². The third-order valence-corrected chi connectivity index (χ3v) is 4.90. The second-order valence-corrected chi connectivity index (χ2v) is 6.50. The molecule has 0 atom stereocenters. The van der Waals surface area contributed by atoms with Gasteiger partial charge in [-0.15, -0.1) is 0 Å². The van der Waals surface area contributed by atoms with Crippen molar-refractivity contribution in [2.24, 2.45) is 0 Å². The minimum absolute atomic E-state index is 0.199. The first kappa shape index (κ1) is 15.8. The highest BCUT2D eigenvalue weighted by atomic mass is 19.1. The van der Waals surface area contributed by atoms with Crippen LogP contribution < -0.4 is 10.2 Å². The van der Waals surface area contributed by atoms with E-state index in [4.69, 9.17) is 0 Å². The van der Waals surface area contributed by atoms with Crippen molar-refractivity contribution in [1.29, 1.82) is 0 Å². The summed E-state index contributed by atoms with van der Waals surface area (Å²) < 4.78 is 15.6. The lowest BCUT2D eigenvalue weighted by atomic mass is 10.0. The molecule has 1 aliphatic rings. The number of anilines is 2. The number of aromatic nitrogens is 4. The van der Waals surface area contributed by atoms with Gasteiger partial charge in [0.05, 0.1) is 5.69 Å². The van der Waals surface area contributed by atoms with Gasteiger partial charge in [0.2, 0.25) is 0 Å². The predicted octanol–water partition coefficient (Wildman–Crippen LogP) is 2.96. The van der Waals surface area contributed by atoms with Crippen molar-refractivity contribution in [2.75, 3.05) is 23.3 Å². The van der Waals surface area contributed by atoms with E-state index in [9.17, 15) is 4.39 Å². The fraction of sp³-hybridized carbons (Fsp3) is 0.389. The molecule has 1 N–H and O–H groups in total. The average molecular weight is 340 g/mol. The van der Waals surface area contributed by atoms with Crippen molar-refractivity contribution < 1.29 is 4.39 Å². The van der Waals surface area contributed by atoms with E-state index in [2.05, 4.69) is 32.2 Å². The summed E-state index contributed by atoms with van der Waals surface area (Å²) >= 11 is 0. The smallest absolute Gasteiger partial charge is 0.254 e. The molecular formula is C18H21FN6. The molecule has 1 saturated heterocycles. The van der Waals surface area contributed by atoms with Crippen molar-refractivity contribution in [3.8, 4) is 0 Å². The molecule has 3 aromatic rings. The first-order valence-electron chi connectivity index (χ1n) is 8.56. The molecule has 1 fully saturated rings. The molecule has 4 rings (SSSR count). The molecule has 130 valence electrons. The largest absolute Gasteiger partial charge is 0.380 e. The van der Waals surface area contributed by atoms with Crippen LogP contribution in [0.1, 0.15) is 24.1 Å². The fourth-order valence-electron chi connectivity index (χ4n) is 3.42. The lowest BCUT2D eigenvalue weighted by Gasteiger charge is -2.35. The first-order valence-corrected chi connectivity index (χ1v) is 8.56. The SMILES string of the molecule is Cc1nc2ncnn2c(N2CCC(Nc3ccccc3F)CC2)c1C. The lowest BCUT2D eigenvalue weighted by molar-refractivity contribution is 0.515. The van der Waals surface area contributed by atoms with E-state index >= 15 is 0 Å². The molecule has 0 amide bonds. The van der Waals surface area contributed by atoms with E-state index in [1.807, 2.05) is 17.5 Å². The molecule has 25 heavy (non-hydrogen) atoms. The molecule has 0 bridgehead atoms. The van der Waals surface area contributed by atoms with Gasteiger partial charge in [-0.3, -0.25) is 0 Å². The van der Waals surface area contributed by atoms with Gasteiger partial charge in [-0.1, -0.05) is 12.1 Å². The van der Waals surface area contributed by atoms with Gasteiger partial charge in [0.15, 0.2) is 0 Å². The number of hydrogen-bond acceptors (Lipinski definition) is 5. The highest BCUT2D eigenvalue weighted by Gasteiger charge is 2.24. The number of halogens is 1. The van der Waals surface area contributed by atoms with Crippen molar-refractivity contribution in [2.45, 2.75) is 32.7 Å². The summed E-state index contributed by atoms with van der Waals surface area (Å²) in [5.41, 5.74) is 2.68. The molecule has 7 heteroatoms. The Bertz CT molecular complexity index is 898. The molecule has 0 aliphatic carbocycles. The minimum atomic E-state index is -0.199. The van der Waals surface area contributed by atoms with E-state index in [-0.39, 0.29) is 11.9 Å². The molecule has 0 unspecified atom stereocenters. The highest BCUT2D eigenvalue weighted by Crippen LogP contribution is 2.27. The zero-order chi connectivity index (χ0) is 17.4. The van der Waals surface area contributed by atoms with Crippen LogP contribution in [-0.2, 0) is 0 Å². The van der Waals surface area contributed by atoms with E-state index in [0.29, 0.717) is 11.5 Å². The number of rotatable bonds is 3. The third-order valence-electron chi connectivity index (χ3n) is 4.90. The van der Waals surface area contributed by atoms with Crippen molar-refractivity contribution in [3.63, 3.8) is 0 Å². The summed E-state index contributed by atoms with van der Waals surface area (Å²) in [6.07, 6.45) is 3.41. The molecule has 3 heterocycles. The zero-order valence-electron chi connectivity index (χ0n) is 14.4. The Morgan fingerprint density at radius 2 is 1.92 bits per heavy atom. The summed E-state index contributed by atoms with van der Waals surface area (Å²) in [5.74, 6) is 1.49. The van der Waals surface area contributed by atoms with Gasteiger partial charge in [0.25, 0.3) is 5.78 Å². The highest BCUT2D eigenvalue weighted by molar-refractivity contribution is 5.54. The van der Waals surface area contributed by atoms with Gasteiger partial charge >= 0.3 is 0 Å². The summed E-state index contributed by atoms with van der Waals surface area (Å²) in [6, 6.07) is 7.10. The third kappa shape index (κ3) is 2.90. The van der Waals surface area contributed by atoms with Crippen molar-refractivity contribution in [3.05, 3.63) is 47.7 Å². The number of hydrogen-bond donors (Lipinski definition) is 1. The van der Waals surface area contributed by atoms with Crippen molar-refractivity contribution in [1.82, 2.24) is 19.6 Å². The summed E-state index contributed by atoms with van der Waals surface area (Å²) in [4.78, 5) is 11.0. The van der Waals surface area contributed by atoms with E-state index < -0.39 is 0 Å². The maximum Gasteiger partial charge on any atom is 0.254 e. The first-order chi connectivity index (χ1) is 12.1. The Hall–Kier alpha value is -2.70. The molecular weight excluding hydrogens is 319 g/mol. The fourth-order valence-corrected chi connectivity index (χ4v) is 3.42. The quantitative estimate of drug-likeness (QED) is 0.794. The summed E-state index contributed by atoms with van der Waals surface area (Å²) in [6.45, 7) is 5.83. The van der Waals surface area contributed by atoms with Gasteiger partial charge in [-0.2, -0.15) is 14.6 Å². The number of benzene rings is 1. The maximum absolute atomic E-state index is 13.8. The van der Waals surface area contributed by atoms with Crippen LogP contribution >= 0.6 is 0 Å². The topological polar surface area (TPSA) is 58.4 Å². The number of para-hydroxylation sites is 1. The van der Waals surface area contributed by atoms with Crippen LogP contribution in [-0.4, -0.2) is 38.7 Å². The van der Waals surface area contributed by atoms with Crippen LogP contribution in [0.4, 0.5) is 15.9 Å². The Labute approximate surface area is 145 Å². The average Bonchev–Trinajstić information content (AvgIpc) is 3.07. The van der Waals surface area contributed by atoms with Crippen molar-refractivity contribution >= 4 is 17.3 Å². The number of piperidine rings is 1. The summed E-state index contributed by atoms with van der Waals surface area (Å²) in [5, 5.41) is 7.66. The van der Waals surface area contributed by atoms with Crippen LogP contribution in [0.25, 0.3) is 5.78 Å². The molecule has 1 aliphatic heterocycles. The molecule has 1 aromatic carbocycles. The molecule has 2 aromatic heterocycles. The van der Waals surface area contributed by atoms with E-state index in [1.54, 1.807) is 12.1 Å². The van der Waals surface area contributed by atoms with Crippen LogP contribution in [0.15, 0.2) is 30.6 Å². The standard InChI is InChI=1S/C18H21FN6/c1-12-13(2)22-18-20-11-21-25(18)17(12)24-9-7-14(8-10-24)23-16-6-4-3-5-15(16)19/h3-6,11,14,23H,7-10H2,1-2H3. The van der Waals surface area contributed by atoms with Gasteiger partial charge in [0.1, 0.15) is 18.0 Å². The number of nitrogens with zero attached hydrogens (tertiary/aromatic N) is 5. The van der Waals surface area contributed by atoms with Gasteiger partial charge < -0.3 is 10.2 Å². The predicted molar refractivity (Wildman–Crippen MR) is 95.5 cm³/mol. The Kier molecular flexibility index (Phi) is 3.99. The Morgan fingerprint density at radius 1 is 1.16 bits per heavy atom. The molecule has 0 spiro atoms. The Morgan fingerprint density at radius 3 is 2.68 bits per heavy atom. The van der Waals surface area contributed by atoms with Gasteiger partial charge in [0, 0.05) is 30.4 Å². The number of fused-ring (bicyclic) bond motifs is 1. The Balaban J connectivity index is 1.52. The number of nitrogens with one attached hydrogen (secondary N) is 1. The van der Waals surface area contributed by atoms with Crippen LogP contribution in [0.3, 0.4) is 0 Å². The molecule has 0 radical (unpaired) electrons. The van der Waals surface area contributed by atoms with Crippen LogP contribution in [0, 0.1) is 19.7 Å². The lowest BCUT2D eigenvalue weighted by Crippen LogP contribution is -2.40. The second-order valence-electron chi connectivity index (χ2n) is 6.50. The minimum Gasteiger partial charge on any atom is -0.380 e. The molecule has 6 nitrogen and oxygen atoms in total. The molecule has 0 saturated carbocycles.